The second-order valence-corrected chi connectivity index (χ2v) is 6.41. The van der Waals surface area contributed by atoms with Crippen LogP contribution < -0.4 is 10.2 Å². The van der Waals surface area contributed by atoms with Crippen LogP contribution in [0, 0.1) is 0 Å². The van der Waals surface area contributed by atoms with Gasteiger partial charge in [0.1, 0.15) is 12.4 Å². The Morgan fingerprint density at radius 2 is 1.50 bits per heavy atom. The minimum absolute atomic E-state index is 0.237. The second-order valence-electron chi connectivity index (χ2n) is 6.41. The van der Waals surface area contributed by atoms with Crippen LogP contribution in [0.3, 0.4) is 0 Å². The highest BCUT2D eigenvalue weighted by molar-refractivity contribution is 6.02. The van der Waals surface area contributed by atoms with Crippen LogP contribution in [0.2, 0.25) is 0 Å². The molecule has 0 saturated heterocycles. The third-order valence-electron chi connectivity index (χ3n) is 4.25. The van der Waals surface area contributed by atoms with Crippen LogP contribution in [-0.2, 0) is 6.61 Å². The van der Waals surface area contributed by atoms with E-state index < -0.39 is 0 Å². The highest BCUT2D eigenvalue weighted by Crippen LogP contribution is 2.14. The molecule has 0 aliphatic carbocycles. The molecule has 0 heterocycles. The lowest BCUT2D eigenvalue weighted by Crippen LogP contribution is -2.20. The molecule has 28 heavy (non-hydrogen) atoms. The molecular weight excluding hydrogens is 348 g/mol. The van der Waals surface area contributed by atoms with E-state index in [4.69, 9.17) is 4.74 Å². The van der Waals surface area contributed by atoms with Gasteiger partial charge in [0.05, 0.1) is 5.71 Å². The van der Waals surface area contributed by atoms with Gasteiger partial charge in [0.15, 0.2) is 0 Å². The van der Waals surface area contributed by atoms with E-state index in [1.165, 1.54) is 0 Å². The van der Waals surface area contributed by atoms with Gasteiger partial charge in [0, 0.05) is 5.56 Å². The third kappa shape index (κ3) is 5.55. The summed E-state index contributed by atoms with van der Waals surface area (Å²) in [5.74, 6) is 0.485. The maximum Gasteiger partial charge on any atom is 0.271 e. The molecule has 0 fully saturated rings. The summed E-state index contributed by atoms with van der Waals surface area (Å²) in [5.41, 5.74) is 6.21. The zero-order chi connectivity index (χ0) is 19.6. The Bertz CT molecular complexity index is 904. The molecule has 0 aliphatic heterocycles. The second kappa shape index (κ2) is 10.1. The minimum Gasteiger partial charge on any atom is -0.489 e. The number of hydrazone groups is 1. The summed E-state index contributed by atoms with van der Waals surface area (Å²) in [5, 5.41) is 4.34. The van der Waals surface area contributed by atoms with Crippen LogP contribution in [-0.4, -0.2) is 11.6 Å². The van der Waals surface area contributed by atoms with E-state index in [1.807, 2.05) is 60.7 Å². The zero-order valence-corrected chi connectivity index (χ0v) is 16.0. The predicted octanol–water partition coefficient (Wildman–Crippen LogP) is 5.20. The minimum atomic E-state index is -0.237. The highest BCUT2D eigenvalue weighted by Gasteiger charge is 2.07. The number of hydrogen-bond donors (Lipinski definition) is 1. The Morgan fingerprint density at radius 1 is 0.857 bits per heavy atom. The first kappa shape index (κ1) is 19.4. The first-order chi connectivity index (χ1) is 13.8. The fourth-order valence-electron chi connectivity index (χ4n) is 2.76. The topological polar surface area (TPSA) is 50.7 Å². The van der Waals surface area contributed by atoms with Crippen molar-refractivity contribution in [2.24, 2.45) is 5.10 Å². The van der Waals surface area contributed by atoms with E-state index in [1.54, 1.807) is 24.3 Å². The molecule has 3 aromatic rings. The fraction of sp³-hybridized carbons (Fsp3) is 0.167. The molecule has 4 heteroatoms. The summed E-state index contributed by atoms with van der Waals surface area (Å²) in [6.45, 7) is 2.59. The molecule has 4 nitrogen and oxygen atoms in total. The average molecular weight is 372 g/mol. The molecule has 0 atom stereocenters. The van der Waals surface area contributed by atoms with E-state index in [0.717, 1.165) is 35.4 Å². The first-order valence-corrected chi connectivity index (χ1v) is 9.45. The van der Waals surface area contributed by atoms with Gasteiger partial charge in [-0.05, 0) is 41.8 Å². The van der Waals surface area contributed by atoms with Gasteiger partial charge in [-0.25, -0.2) is 5.43 Å². The Labute approximate surface area is 165 Å². The molecule has 0 aliphatic rings. The number of amides is 1. The summed E-state index contributed by atoms with van der Waals surface area (Å²) in [6.07, 6.45) is 1.76. The summed E-state index contributed by atoms with van der Waals surface area (Å²) in [6, 6.07) is 26.9. The van der Waals surface area contributed by atoms with Crippen LogP contribution >= 0.6 is 0 Å². The quantitative estimate of drug-likeness (QED) is 0.436. The maximum absolute atomic E-state index is 12.4. The predicted molar refractivity (Wildman–Crippen MR) is 113 cm³/mol. The van der Waals surface area contributed by atoms with E-state index >= 15 is 0 Å². The number of rotatable bonds is 8. The van der Waals surface area contributed by atoms with Gasteiger partial charge >= 0.3 is 0 Å². The van der Waals surface area contributed by atoms with Crippen molar-refractivity contribution in [3.63, 3.8) is 0 Å². The SMILES string of the molecule is CCC/C(=N/NC(=O)c1ccc(OCc2ccccc2)cc1)c1ccccc1. The van der Waals surface area contributed by atoms with Crippen molar-refractivity contribution in [3.8, 4) is 5.75 Å². The molecule has 0 spiro atoms. The van der Waals surface area contributed by atoms with Crippen LogP contribution in [0.1, 0.15) is 41.3 Å². The number of carbonyl (C=O) groups is 1. The molecular formula is C24H24N2O2. The van der Waals surface area contributed by atoms with Crippen LogP contribution in [0.4, 0.5) is 0 Å². The van der Waals surface area contributed by atoms with Crippen LogP contribution in [0.15, 0.2) is 90.0 Å². The number of nitrogens with zero attached hydrogens (tertiary/aromatic N) is 1. The van der Waals surface area contributed by atoms with Crippen molar-refractivity contribution in [3.05, 3.63) is 102 Å². The van der Waals surface area contributed by atoms with Gasteiger partial charge in [0.25, 0.3) is 5.91 Å². The Hall–Kier alpha value is -3.40. The normalized spacial score (nSPS) is 11.1. The Balaban J connectivity index is 1.60. The van der Waals surface area contributed by atoms with E-state index in [0.29, 0.717) is 12.2 Å². The number of nitrogens with one attached hydrogen (secondary N) is 1. The van der Waals surface area contributed by atoms with Crippen molar-refractivity contribution < 1.29 is 9.53 Å². The van der Waals surface area contributed by atoms with Crippen LogP contribution in [0.5, 0.6) is 5.75 Å². The number of carbonyl (C=O) groups excluding carboxylic acids is 1. The lowest BCUT2D eigenvalue weighted by Gasteiger charge is -2.08. The summed E-state index contributed by atoms with van der Waals surface area (Å²) in [4.78, 5) is 12.4. The van der Waals surface area contributed by atoms with Crippen molar-refractivity contribution in [2.75, 3.05) is 0 Å². The molecule has 3 aromatic carbocycles. The summed E-state index contributed by atoms with van der Waals surface area (Å²) in [7, 11) is 0. The van der Waals surface area contributed by atoms with Crippen LogP contribution in [0.25, 0.3) is 0 Å². The average Bonchev–Trinajstić information content (AvgIpc) is 2.76. The molecule has 0 saturated carbocycles. The van der Waals surface area contributed by atoms with Gasteiger partial charge in [-0.1, -0.05) is 74.0 Å². The van der Waals surface area contributed by atoms with E-state index in [-0.39, 0.29) is 5.91 Å². The van der Waals surface area contributed by atoms with Crippen molar-refractivity contribution in [2.45, 2.75) is 26.4 Å². The molecule has 1 amide bonds. The van der Waals surface area contributed by atoms with Crippen molar-refractivity contribution >= 4 is 11.6 Å². The van der Waals surface area contributed by atoms with E-state index in [2.05, 4.69) is 17.5 Å². The summed E-state index contributed by atoms with van der Waals surface area (Å²) >= 11 is 0. The Kier molecular flexibility index (Phi) is 6.96. The van der Waals surface area contributed by atoms with Gasteiger partial charge in [-0.2, -0.15) is 5.10 Å². The Morgan fingerprint density at radius 3 is 2.14 bits per heavy atom. The van der Waals surface area contributed by atoms with Gasteiger partial charge in [-0.3, -0.25) is 4.79 Å². The summed E-state index contributed by atoms with van der Waals surface area (Å²) < 4.78 is 5.76. The molecule has 0 aromatic heterocycles. The highest BCUT2D eigenvalue weighted by atomic mass is 16.5. The first-order valence-electron chi connectivity index (χ1n) is 9.45. The molecule has 0 unspecified atom stereocenters. The molecule has 3 rings (SSSR count). The zero-order valence-electron chi connectivity index (χ0n) is 16.0. The smallest absolute Gasteiger partial charge is 0.271 e. The number of ether oxygens (including phenoxy) is 1. The van der Waals surface area contributed by atoms with Gasteiger partial charge in [0.2, 0.25) is 0 Å². The van der Waals surface area contributed by atoms with Gasteiger partial charge in [-0.15, -0.1) is 0 Å². The lowest BCUT2D eigenvalue weighted by atomic mass is 10.1. The number of benzene rings is 3. The monoisotopic (exact) mass is 372 g/mol. The van der Waals surface area contributed by atoms with Crippen molar-refractivity contribution in [1.29, 1.82) is 0 Å². The molecule has 0 radical (unpaired) electrons. The number of hydrogen-bond acceptors (Lipinski definition) is 3. The lowest BCUT2D eigenvalue weighted by molar-refractivity contribution is 0.0954. The third-order valence-corrected chi connectivity index (χ3v) is 4.25. The van der Waals surface area contributed by atoms with Gasteiger partial charge < -0.3 is 4.74 Å². The fourth-order valence-corrected chi connectivity index (χ4v) is 2.76. The molecule has 1 N–H and O–H groups in total. The molecule has 0 bridgehead atoms. The largest absolute Gasteiger partial charge is 0.489 e. The maximum atomic E-state index is 12.4. The van der Waals surface area contributed by atoms with E-state index in [9.17, 15) is 4.79 Å². The van der Waals surface area contributed by atoms with Crippen molar-refractivity contribution in [1.82, 2.24) is 5.43 Å². The standard InChI is InChI=1S/C24H24N2O2/c1-2-9-23(20-12-7-4-8-13-20)25-26-24(27)21-14-16-22(17-15-21)28-18-19-10-5-3-6-11-19/h3-8,10-17H,2,9,18H2,1H3,(H,26,27)/b25-23-. The molecule has 142 valence electrons.